The zero-order valence-corrected chi connectivity index (χ0v) is 19.0. The fraction of sp³-hybridized carbons (Fsp3) is 0.500. The molecular weight excluding hydrogens is 406 g/mol. The lowest BCUT2D eigenvalue weighted by Gasteiger charge is -2.17. The molecule has 1 aliphatic rings. The number of carbonyl (C=O) groups is 1. The van der Waals surface area contributed by atoms with Crippen molar-refractivity contribution < 1.29 is 9.53 Å². The van der Waals surface area contributed by atoms with E-state index in [1.165, 1.54) is 10.5 Å². The Bertz CT molecular complexity index is 1270. The van der Waals surface area contributed by atoms with Gasteiger partial charge in [-0.2, -0.15) is 0 Å². The van der Waals surface area contributed by atoms with E-state index in [0.29, 0.717) is 36.3 Å². The van der Waals surface area contributed by atoms with Crippen molar-refractivity contribution in [2.45, 2.75) is 71.6 Å². The predicted molar refractivity (Wildman–Crippen MR) is 123 cm³/mol. The van der Waals surface area contributed by atoms with Crippen molar-refractivity contribution in [2.24, 2.45) is 0 Å². The van der Waals surface area contributed by atoms with Crippen molar-refractivity contribution in [3.8, 4) is 0 Å². The van der Waals surface area contributed by atoms with E-state index in [1.54, 1.807) is 16.8 Å². The largest absolute Gasteiger partial charge is 0.379 e. The highest BCUT2D eigenvalue weighted by atomic mass is 16.5. The van der Waals surface area contributed by atoms with E-state index in [-0.39, 0.29) is 34.7 Å². The van der Waals surface area contributed by atoms with Crippen LogP contribution < -0.4 is 16.4 Å². The molecule has 0 atom stereocenters. The molecule has 1 aliphatic carbocycles. The summed E-state index contributed by atoms with van der Waals surface area (Å²) >= 11 is 0. The monoisotopic (exact) mass is 437 g/mol. The first kappa shape index (κ1) is 22.2. The van der Waals surface area contributed by atoms with Crippen molar-refractivity contribution in [1.29, 1.82) is 5.41 Å². The van der Waals surface area contributed by atoms with E-state index in [2.05, 4.69) is 5.32 Å². The molecule has 0 aromatic carbocycles. The van der Waals surface area contributed by atoms with E-state index in [0.717, 1.165) is 31.2 Å². The molecule has 0 bridgehead atoms. The second kappa shape index (κ2) is 9.24. The number of pyridine rings is 2. The summed E-state index contributed by atoms with van der Waals surface area (Å²) in [6.07, 6.45) is 6.61. The molecule has 0 spiro atoms. The van der Waals surface area contributed by atoms with Gasteiger partial charge < -0.3 is 14.6 Å². The Hall–Kier alpha value is -3.00. The van der Waals surface area contributed by atoms with Crippen LogP contribution in [0.5, 0.6) is 0 Å². The van der Waals surface area contributed by atoms with Crippen LogP contribution in [0.15, 0.2) is 29.2 Å². The average molecular weight is 438 g/mol. The minimum atomic E-state index is -0.301. The van der Waals surface area contributed by atoms with Crippen LogP contribution in [-0.2, 0) is 11.3 Å². The highest BCUT2D eigenvalue weighted by Crippen LogP contribution is 2.18. The molecule has 32 heavy (non-hydrogen) atoms. The molecule has 0 aliphatic heterocycles. The summed E-state index contributed by atoms with van der Waals surface area (Å²) in [5, 5.41) is 12.2. The number of aromatic nitrogens is 3. The maximum atomic E-state index is 13.3. The molecule has 2 N–H and O–H groups in total. The lowest BCUT2D eigenvalue weighted by molar-refractivity contribution is 0.0748. The van der Waals surface area contributed by atoms with Crippen LogP contribution in [0.3, 0.4) is 0 Å². The molecule has 8 heteroatoms. The molecule has 0 saturated heterocycles. The normalized spacial score (nSPS) is 14.6. The molecule has 1 fully saturated rings. The predicted octanol–water partition coefficient (Wildman–Crippen LogP) is 2.92. The van der Waals surface area contributed by atoms with E-state index in [4.69, 9.17) is 15.1 Å². The smallest absolute Gasteiger partial charge is 0.267 e. The Labute approximate surface area is 186 Å². The van der Waals surface area contributed by atoms with Crippen molar-refractivity contribution in [2.75, 3.05) is 6.61 Å². The number of hydrogen-bond donors (Lipinski definition) is 2. The number of fused-ring (bicyclic) bond motifs is 2. The first-order valence-corrected chi connectivity index (χ1v) is 11.4. The van der Waals surface area contributed by atoms with Gasteiger partial charge in [-0.1, -0.05) is 18.9 Å². The van der Waals surface area contributed by atoms with Crippen molar-refractivity contribution in [3.63, 3.8) is 0 Å². The molecule has 0 radical (unpaired) electrons. The number of aryl methyl sites for hydroxylation is 2. The number of rotatable bonds is 7. The van der Waals surface area contributed by atoms with Gasteiger partial charge in [-0.05, 0) is 57.7 Å². The molecule has 1 amide bonds. The lowest BCUT2D eigenvalue weighted by atomic mass is 10.1. The van der Waals surface area contributed by atoms with Gasteiger partial charge in [0, 0.05) is 25.4 Å². The quantitative estimate of drug-likeness (QED) is 0.438. The zero-order valence-electron chi connectivity index (χ0n) is 19.0. The van der Waals surface area contributed by atoms with Gasteiger partial charge in [0.05, 0.1) is 17.1 Å². The third-order valence-electron chi connectivity index (χ3n) is 5.97. The molecule has 4 rings (SSSR count). The minimum Gasteiger partial charge on any atom is -0.379 e. The number of amides is 1. The Morgan fingerprint density at radius 1 is 1.31 bits per heavy atom. The summed E-state index contributed by atoms with van der Waals surface area (Å²) in [6, 6.07) is 5.36. The highest BCUT2D eigenvalue weighted by molar-refractivity contribution is 5.97. The Kier molecular flexibility index (Phi) is 6.41. The van der Waals surface area contributed by atoms with E-state index in [9.17, 15) is 9.59 Å². The summed E-state index contributed by atoms with van der Waals surface area (Å²) in [5.74, 6) is -0.301. The first-order chi connectivity index (χ1) is 15.3. The van der Waals surface area contributed by atoms with Crippen molar-refractivity contribution >= 4 is 22.6 Å². The summed E-state index contributed by atoms with van der Waals surface area (Å²) in [6.45, 7) is 6.82. The van der Waals surface area contributed by atoms with Gasteiger partial charge in [-0.3, -0.25) is 19.4 Å². The minimum absolute atomic E-state index is 0.0703. The lowest BCUT2D eigenvalue weighted by Crippen LogP contribution is -2.38. The molecule has 8 nitrogen and oxygen atoms in total. The van der Waals surface area contributed by atoms with E-state index < -0.39 is 0 Å². The van der Waals surface area contributed by atoms with Gasteiger partial charge in [-0.25, -0.2) is 4.98 Å². The van der Waals surface area contributed by atoms with Crippen molar-refractivity contribution in [3.05, 3.63) is 51.4 Å². The van der Waals surface area contributed by atoms with Crippen LogP contribution in [0, 0.1) is 12.3 Å². The fourth-order valence-electron chi connectivity index (χ4n) is 4.31. The second-order valence-corrected chi connectivity index (χ2v) is 8.88. The molecule has 0 unspecified atom stereocenters. The SMILES string of the molecule is Cc1ccc2nc3c(cc(C(=O)NC4CCCC4)c(=N)n3CCCOC(C)C)c(=O)n2c1. The topological polar surface area (TPSA) is 101 Å². The first-order valence-electron chi connectivity index (χ1n) is 11.4. The summed E-state index contributed by atoms with van der Waals surface area (Å²) in [5.41, 5.74) is 1.92. The van der Waals surface area contributed by atoms with Crippen LogP contribution in [0.1, 0.15) is 61.9 Å². The van der Waals surface area contributed by atoms with Gasteiger partial charge in [0.2, 0.25) is 0 Å². The Morgan fingerprint density at radius 3 is 2.78 bits per heavy atom. The Balaban J connectivity index is 1.83. The number of ether oxygens (including phenoxy) is 1. The number of carbonyl (C=O) groups excluding carboxylic acids is 1. The highest BCUT2D eigenvalue weighted by Gasteiger charge is 2.21. The Morgan fingerprint density at radius 2 is 2.06 bits per heavy atom. The second-order valence-electron chi connectivity index (χ2n) is 8.88. The molecule has 170 valence electrons. The summed E-state index contributed by atoms with van der Waals surface area (Å²) in [4.78, 5) is 31.1. The number of nitrogens with one attached hydrogen (secondary N) is 2. The molecule has 1 saturated carbocycles. The van der Waals surface area contributed by atoms with Crippen LogP contribution in [0.2, 0.25) is 0 Å². The van der Waals surface area contributed by atoms with Gasteiger partial charge in [-0.15, -0.1) is 0 Å². The maximum absolute atomic E-state index is 13.3. The average Bonchev–Trinajstić information content (AvgIpc) is 3.26. The van der Waals surface area contributed by atoms with Crippen LogP contribution in [0.25, 0.3) is 16.7 Å². The molecule has 3 aromatic rings. The molecule has 3 aromatic heterocycles. The molecular formula is C24H31N5O3. The van der Waals surface area contributed by atoms with E-state index in [1.807, 2.05) is 26.8 Å². The van der Waals surface area contributed by atoms with Gasteiger partial charge >= 0.3 is 0 Å². The third kappa shape index (κ3) is 4.46. The summed E-state index contributed by atoms with van der Waals surface area (Å²) in [7, 11) is 0. The van der Waals surface area contributed by atoms with Gasteiger partial charge in [0.1, 0.15) is 16.8 Å². The zero-order chi connectivity index (χ0) is 22.8. The standard InChI is InChI=1S/C24H31N5O3/c1-15(2)32-12-6-11-28-21(25)18(23(30)26-17-7-4-5-8-17)13-19-22(28)27-20-10-9-16(3)14-29(20)24(19)31/h9-10,13-15,17,25H,4-8,11-12H2,1-3H3,(H,26,30). The van der Waals surface area contributed by atoms with Crippen molar-refractivity contribution in [1.82, 2.24) is 19.3 Å². The number of hydrogen-bond acceptors (Lipinski definition) is 5. The summed E-state index contributed by atoms with van der Waals surface area (Å²) < 4.78 is 8.83. The maximum Gasteiger partial charge on any atom is 0.267 e. The third-order valence-corrected chi connectivity index (χ3v) is 5.97. The fourth-order valence-corrected chi connectivity index (χ4v) is 4.31. The van der Waals surface area contributed by atoms with Crippen LogP contribution in [-0.4, -0.2) is 38.6 Å². The van der Waals surface area contributed by atoms with Crippen LogP contribution >= 0.6 is 0 Å². The van der Waals surface area contributed by atoms with Gasteiger partial charge in [0.15, 0.2) is 0 Å². The van der Waals surface area contributed by atoms with Crippen LogP contribution in [0.4, 0.5) is 0 Å². The van der Waals surface area contributed by atoms with E-state index >= 15 is 0 Å². The van der Waals surface area contributed by atoms with Gasteiger partial charge in [0.25, 0.3) is 11.5 Å². The number of nitrogens with zero attached hydrogens (tertiary/aromatic N) is 3. The molecule has 3 heterocycles.